The molecule has 3 unspecified atom stereocenters. The Balaban J connectivity index is 1.33. The lowest BCUT2D eigenvalue weighted by atomic mass is 9.89. The first-order chi connectivity index (χ1) is 20.9. The zero-order chi connectivity index (χ0) is 32.1. The van der Waals surface area contributed by atoms with Gasteiger partial charge in [0.2, 0.25) is 11.0 Å². The number of carbonyl (C=O) groups excluding carboxylic acids is 2. The van der Waals surface area contributed by atoms with Crippen molar-refractivity contribution in [1.82, 2.24) is 15.5 Å². The predicted octanol–water partition coefficient (Wildman–Crippen LogP) is 5.35. The zero-order valence-electron chi connectivity index (χ0n) is 26.3. The highest BCUT2D eigenvalue weighted by molar-refractivity contribution is 7.15. The van der Waals surface area contributed by atoms with Gasteiger partial charge in [0, 0.05) is 42.9 Å². The Morgan fingerprint density at radius 3 is 2.64 bits per heavy atom. The molecule has 0 aliphatic heterocycles. The van der Waals surface area contributed by atoms with Crippen LogP contribution in [0.4, 0.5) is 5.13 Å². The van der Waals surface area contributed by atoms with Gasteiger partial charge < -0.3 is 26.9 Å². The summed E-state index contributed by atoms with van der Waals surface area (Å²) >= 11 is 1.43. The molecule has 1 heterocycles. The summed E-state index contributed by atoms with van der Waals surface area (Å²) in [4.78, 5) is 28.6. The molecule has 0 saturated heterocycles. The third-order valence-electron chi connectivity index (χ3n) is 7.36. The van der Waals surface area contributed by atoms with E-state index in [0.29, 0.717) is 36.5 Å². The largest absolute Gasteiger partial charge is 0.387 e. The van der Waals surface area contributed by atoms with Crippen molar-refractivity contribution in [3.05, 3.63) is 64.7 Å². The van der Waals surface area contributed by atoms with E-state index >= 15 is 0 Å². The van der Waals surface area contributed by atoms with Gasteiger partial charge in [0.15, 0.2) is 0 Å². The number of aliphatic imine (C=N–C) groups is 1. The molecule has 3 rings (SSSR count). The summed E-state index contributed by atoms with van der Waals surface area (Å²) in [7, 11) is 0. The van der Waals surface area contributed by atoms with Crippen molar-refractivity contribution >= 4 is 39.8 Å². The molecule has 3 atom stereocenters. The number of allylic oxidation sites excluding steroid dienone is 2. The molecule has 44 heavy (non-hydrogen) atoms. The molecule has 0 spiro atoms. The SMILES string of the molecule is CC(C)C(=O)NC(C)C1C=C(CC(=O)N=C(N)CCC(=N)CCCCc2nnc(NC(C)(O)Cc3ccccc3)s2)C=CC1. The number of nitrogens with two attached hydrogens (primary N) is 1. The van der Waals surface area contributed by atoms with E-state index in [2.05, 4.69) is 25.8 Å². The zero-order valence-corrected chi connectivity index (χ0v) is 27.1. The van der Waals surface area contributed by atoms with E-state index in [1.807, 2.05) is 69.3 Å². The van der Waals surface area contributed by atoms with E-state index < -0.39 is 5.72 Å². The molecule has 0 bridgehead atoms. The highest BCUT2D eigenvalue weighted by atomic mass is 32.1. The molecule has 10 nitrogen and oxygen atoms in total. The van der Waals surface area contributed by atoms with Crippen molar-refractivity contribution in [1.29, 1.82) is 5.41 Å². The van der Waals surface area contributed by atoms with Crippen LogP contribution in [0.2, 0.25) is 0 Å². The second kappa shape index (κ2) is 17.0. The van der Waals surface area contributed by atoms with E-state index in [1.54, 1.807) is 6.92 Å². The minimum absolute atomic E-state index is 0.0192. The van der Waals surface area contributed by atoms with E-state index in [4.69, 9.17) is 11.1 Å². The number of amidine groups is 1. The number of rotatable bonds is 17. The Bertz CT molecular complexity index is 1350. The standard InChI is InChI=1S/C33H47N7O3S/c1-22(2)31(42)36-23(3)26-14-10-13-25(19-26)20-29(41)37-28(35)18-17-27(34)15-8-9-16-30-39-40-32(44-30)38-33(4,43)21-24-11-6-5-7-12-24/h5-7,10-13,19,22-23,26,34,43H,8-9,14-18,20-21H2,1-4H3,(H,36,42)(H,38,40)(H2,35,37,41). The van der Waals surface area contributed by atoms with Gasteiger partial charge in [0.05, 0.1) is 6.42 Å². The number of benzene rings is 1. The topological polar surface area (TPSA) is 166 Å². The minimum atomic E-state index is -1.14. The first-order valence-electron chi connectivity index (χ1n) is 15.4. The van der Waals surface area contributed by atoms with Gasteiger partial charge >= 0.3 is 0 Å². The average Bonchev–Trinajstić information content (AvgIpc) is 3.40. The lowest BCUT2D eigenvalue weighted by Crippen LogP contribution is -2.40. The van der Waals surface area contributed by atoms with Crippen molar-refractivity contribution in [3.63, 3.8) is 0 Å². The molecule has 0 radical (unpaired) electrons. The maximum Gasteiger partial charge on any atom is 0.251 e. The quantitative estimate of drug-likeness (QED) is 0.0687. The molecule has 2 aromatic rings. The molecule has 1 aliphatic carbocycles. The normalized spacial score (nSPS) is 17.1. The van der Waals surface area contributed by atoms with Crippen molar-refractivity contribution in [2.45, 2.75) is 97.2 Å². The molecule has 1 aromatic heterocycles. The Morgan fingerprint density at radius 1 is 1.16 bits per heavy atom. The van der Waals surface area contributed by atoms with Crippen molar-refractivity contribution in [2.75, 3.05) is 5.32 Å². The molecule has 0 saturated carbocycles. The summed E-state index contributed by atoms with van der Waals surface area (Å²) in [6, 6.07) is 9.76. The Labute approximate surface area is 264 Å². The second-order valence-electron chi connectivity index (χ2n) is 12.0. The first-order valence-corrected chi connectivity index (χ1v) is 16.2. The summed E-state index contributed by atoms with van der Waals surface area (Å²) in [6.45, 7) is 7.44. The van der Waals surface area contributed by atoms with E-state index in [1.165, 1.54) is 11.3 Å². The van der Waals surface area contributed by atoms with Crippen LogP contribution in [0.25, 0.3) is 0 Å². The fourth-order valence-electron chi connectivity index (χ4n) is 4.86. The highest BCUT2D eigenvalue weighted by Crippen LogP contribution is 2.24. The van der Waals surface area contributed by atoms with Gasteiger partial charge in [0.1, 0.15) is 16.6 Å². The Morgan fingerprint density at radius 2 is 1.91 bits per heavy atom. The monoisotopic (exact) mass is 621 g/mol. The van der Waals surface area contributed by atoms with Gasteiger partial charge in [-0.25, -0.2) is 4.99 Å². The predicted molar refractivity (Wildman–Crippen MR) is 178 cm³/mol. The van der Waals surface area contributed by atoms with Crippen LogP contribution in [0.3, 0.4) is 0 Å². The van der Waals surface area contributed by atoms with Gasteiger partial charge in [-0.2, -0.15) is 0 Å². The van der Waals surface area contributed by atoms with Gasteiger partial charge in [-0.1, -0.05) is 73.7 Å². The van der Waals surface area contributed by atoms with Crippen LogP contribution in [-0.4, -0.2) is 50.4 Å². The summed E-state index contributed by atoms with van der Waals surface area (Å²) in [6.07, 6.45) is 11.3. The van der Waals surface area contributed by atoms with Crippen molar-refractivity contribution < 1.29 is 14.7 Å². The second-order valence-corrected chi connectivity index (χ2v) is 13.1. The van der Waals surface area contributed by atoms with E-state index in [9.17, 15) is 14.7 Å². The highest BCUT2D eigenvalue weighted by Gasteiger charge is 2.23. The number of hydrogen-bond acceptors (Lipinski definition) is 8. The van der Waals surface area contributed by atoms with E-state index in [-0.39, 0.29) is 41.9 Å². The van der Waals surface area contributed by atoms with Crippen LogP contribution < -0.4 is 16.4 Å². The Hall–Kier alpha value is -3.70. The number of aliphatic hydroxyl groups is 1. The number of aromatic nitrogens is 2. The molecule has 0 fully saturated rings. The molecular formula is C33H47N7O3S. The van der Waals surface area contributed by atoms with Crippen LogP contribution in [0, 0.1) is 17.2 Å². The fourth-order valence-corrected chi connectivity index (χ4v) is 5.77. The number of anilines is 1. The van der Waals surface area contributed by atoms with Crippen LogP contribution in [0.5, 0.6) is 0 Å². The number of unbranched alkanes of at least 4 members (excludes halogenated alkanes) is 1. The maximum atomic E-state index is 12.5. The van der Waals surface area contributed by atoms with Crippen LogP contribution in [0.1, 0.15) is 83.2 Å². The summed E-state index contributed by atoms with van der Waals surface area (Å²) in [5.74, 6) is 0.00192. The van der Waals surface area contributed by atoms with Crippen LogP contribution in [0.15, 0.2) is 59.1 Å². The minimum Gasteiger partial charge on any atom is -0.387 e. The third kappa shape index (κ3) is 12.5. The van der Waals surface area contributed by atoms with Crippen molar-refractivity contribution in [3.8, 4) is 0 Å². The molecule has 1 aliphatic rings. The van der Waals surface area contributed by atoms with Gasteiger partial charge in [0.25, 0.3) is 5.91 Å². The molecule has 2 amide bonds. The lowest BCUT2D eigenvalue weighted by Gasteiger charge is -2.25. The third-order valence-corrected chi connectivity index (χ3v) is 8.26. The number of aryl methyl sites for hydroxylation is 1. The Kier molecular flexibility index (Phi) is 13.4. The number of nitrogens with zero attached hydrogens (tertiary/aromatic N) is 3. The molecule has 238 valence electrons. The number of nitrogens with one attached hydrogen (secondary N) is 3. The fraction of sp³-hybridized carbons (Fsp3) is 0.515. The summed E-state index contributed by atoms with van der Waals surface area (Å²) < 4.78 is 0. The lowest BCUT2D eigenvalue weighted by molar-refractivity contribution is -0.124. The van der Waals surface area contributed by atoms with Gasteiger partial charge in [-0.15, -0.1) is 10.2 Å². The van der Waals surface area contributed by atoms with Gasteiger partial charge in [-0.3, -0.25) is 9.59 Å². The average molecular weight is 622 g/mol. The molecular weight excluding hydrogens is 574 g/mol. The van der Waals surface area contributed by atoms with E-state index in [0.717, 1.165) is 41.8 Å². The maximum absolute atomic E-state index is 12.5. The molecule has 1 aromatic carbocycles. The van der Waals surface area contributed by atoms with Gasteiger partial charge in [-0.05, 0) is 57.1 Å². The van der Waals surface area contributed by atoms with Crippen LogP contribution in [-0.2, 0) is 22.4 Å². The molecule has 11 heteroatoms. The summed E-state index contributed by atoms with van der Waals surface area (Å²) in [5, 5.41) is 35.0. The summed E-state index contributed by atoms with van der Waals surface area (Å²) in [5.41, 5.74) is 7.35. The first kappa shape index (κ1) is 34.8. The number of amides is 2. The number of carbonyl (C=O) groups is 2. The smallest absolute Gasteiger partial charge is 0.251 e. The molecule has 6 N–H and O–H groups in total. The number of hydrogen-bond donors (Lipinski definition) is 5. The van der Waals surface area contributed by atoms with Crippen LogP contribution >= 0.6 is 11.3 Å². The van der Waals surface area contributed by atoms with Crippen molar-refractivity contribution in [2.24, 2.45) is 22.6 Å².